The van der Waals surface area contributed by atoms with Gasteiger partial charge in [0.15, 0.2) is 0 Å². The third kappa shape index (κ3) is 3.93. The summed E-state index contributed by atoms with van der Waals surface area (Å²) in [6.07, 6.45) is 3.23. The van der Waals surface area contributed by atoms with Crippen molar-refractivity contribution >= 4 is 0 Å². The number of rotatable bonds is 4. The number of aryl methyl sites for hydroxylation is 2. The van der Waals surface area contributed by atoms with Crippen LogP contribution in [0.3, 0.4) is 0 Å². The Morgan fingerprint density at radius 2 is 1.57 bits per heavy atom. The van der Waals surface area contributed by atoms with Crippen LogP contribution in [0.1, 0.15) is 38.3 Å². The summed E-state index contributed by atoms with van der Waals surface area (Å²) in [6, 6.07) is 8.84. The van der Waals surface area contributed by atoms with Crippen molar-refractivity contribution in [3.8, 4) is 0 Å². The number of nitrogens with two attached hydrogens (primary N) is 1. The fraction of sp³-hybridized carbons (Fsp3) is 0.538. The van der Waals surface area contributed by atoms with E-state index in [1.165, 1.54) is 11.1 Å². The summed E-state index contributed by atoms with van der Waals surface area (Å²) >= 11 is 0. The number of hydrogen-bond donors (Lipinski definition) is 1. The molecule has 0 unspecified atom stereocenters. The Bertz CT molecular complexity index is 266. The van der Waals surface area contributed by atoms with Crippen LogP contribution in [-0.4, -0.2) is 5.54 Å². The molecule has 0 aliphatic carbocycles. The van der Waals surface area contributed by atoms with E-state index in [0.717, 1.165) is 19.3 Å². The van der Waals surface area contributed by atoms with Crippen molar-refractivity contribution in [1.29, 1.82) is 0 Å². The molecule has 14 heavy (non-hydrogen) atoms. The minimum absolute atomic E-state index is 0.0522. The van der Waals surface area contributed by atoms with Crippen molar-refractivity contribution in [1.82, 2.24) is 0 Å². The van der Waals surface area contributed by atoms with Crippen molar-refractivity contribution in [3.63, 3.8) is 0 Å². The van der Waals surface area contributed by atoms with Gasteiger partial charge in [-0.3, -0.25) is 0 Å². The zero-order valence-corrected chi connectivity index (χ0v) is 9.51. The topological polar surface area (TPSA) is 26.0 Å². The second-order valence-electron chi connectivity index (χ2n) is 4.66. The van der Waals surface area contributed by atoms with Gasteiger partial charge in [0.25, 0.3) is 0 Å². The van der Waals surface area contributed by atoms with E-state index in [1.807, 2.05) is 0 Å². The SMILES string of the molecule is CCc1ccc(CCC(C)(C)N)cc1. The van der Waals surface area contributed by atoms with Crippen LogP contribution in [0.5, 0.6) is 0 Å². The van der Waals surface area contributed by atoms with Gasteiger partial charge < -0.3 is 5.73 Å². The molecule has 1 aromatic carbocycles. The molecule has 1 heteroatoms. The summed E-state index contributed by atoms with van der Waals surface area (Å²) < 4.78 is 0. The van der Waals surface area contributed by atoms with Crippen molar-refractivity contribution in [2.45, 2.75) is 45.6 Å². The fourth-order valence-electron chi connectivity index (χ4n) is 1.41. The highest BCUT2D eigenvalue weighted by atomic mass is 14.7. The van der Waals surface area contributed by atoms with E-state index in [1.54, 1.807) is 0 Å². The predicted molar refractivity (Wildman–Crippen MR) is 62.4 cm³/mol. The van der Waals surface area contributed by atoms with Crippen LogP contribution in [-0.2, 0) is 12.8 Å². The van der Waals surface area contributed by atoms with Gasteiger partial charge in [-0.1, -0.05) is 31.2 Å². The first-order valence-corrected chi connectivity index (χ1v) is 5.38. The molecular weight excluding hydrogens is 170 g/mol. The lowest BCUT2D eigenvalue weighted by Crippen LogP contribution is -2.32. The van der Waals surface area contributed by atoms with Crippen LogP contribution in [0.25, 0.3) is 0 Å². The quantitative estimate of drug-likeness (QED) is 0.778. The monoisotopic (exact) mass is 191 g/mol. The summed E-state index contributed by atoms with van der Waals surface area (Å²) in [7, 11) is 0. The molecule has 0 amide bonds. The first-order valence-electron chi connectivity index (χ1n) is 5.38. The van der Waals surface area contributed by atoms with Crippen LogP contribution in [0, 0.1) is 0 Å². The Morgan fingerprint density at radius 3 is 2.00 bits per heavy atom. The van der Waals surface area contributed by atoms with E-state index in [9.17, 15) is 0 Å². The average molecular weight is 191 g/mol. The molecule has 0 aliphatic heterocycles. The summed E-state index contributed by atoms with van der Waals surface area (Å²) in [5.41, 5.74) is 8.68. The van der Waals surface area contributed by atoms with Gasteiger partial charge in [-0.05, 0) is 44.2 Å². The highest BCUT2D eigenvalue weighted by molar-refractivity contribution is 5.22. The molecule has 0 aromatic heterocycles. The molecule has 0 aliphatic rings. The minimum atomic E-state index is -0.0522. The second-order valence-corrected chi connectivity index (χ2v) is 4.66. The zero-order valence-electron chi connectivity index (χ0n) is 9.51. The fourth-order valence-corrected chi connectivity index (χ4v) is 1.41. The van der Waals surface area contributed by atoms with Crippen LogP contribution in [0.4, 0.5) is 0 Å². The number of benzene rings is 1. The van der Waals surface area contributed by atoms with Crippen molar-refractivity contribution in [3.05, 3.63) is 35.4 Å². The molecule has 2 N–H and O–H groups in total. The van der Waals surface area contributed by atoms with E-state index >= 15 is 0 Å². The Kier molecular flexibility index (Phi) is 3.70. The molecule has 1 nitrogen and oxygen atoms in total. The maximum Gasteiger partial charge on any atom is 0.0100 e. The van der Waals surface area contributed by atoms with Crippen molar-refractivity contribution < 1.29 is 0 Å². The van der Waals surface area contributed by atoms with Crippen LogP contribution < -0.4 is 5.73 Å². The maximum absolute atomic E-state index is 5.94. The van der Waals surface area contributed by atoms with Gasteiger partial charge in [0, 0.05) is 5.54 Å². The van der Waals surface area contributed by atoms with E-state index in [4.69, 9.17) is 5.73 Å². The standard InChI is InChI=1S/C13H21N/c1-4-11-5-7-12(8-6-11)9-10-13(2,3)14/h5-8H,4,9-10,14H2,1-3H3. The lowest BCUT2D eigenvalue weighted by molar-refractivity contribution is 0.477. The first kappa shape index (κ1) is 11.3. The van der Waals surface area contributed by atoms with Gasteiger partial charge in [0.2, 0.25) is 0 Å². The Labute approximate surface area is 87.3 Å². The maximum atomic E-state index is 5.94. The molecule has 0 heterocycles. The summed E-state index contributed by atoms with van der Waals surface area (Å²) in [6.45, 7) is 6.33. The van der Waals surface area contributed by atoms with Gasteiger partial charge in [-0.25, -0.2) is 0 Å². The third-order valence-electron chi connectivity index (χ3n) is 2.49. The summed E-state index contributed by atoms with van der Waals surface area (Å²) in [5, 5.41) is 0. The number of hydrogen-bond acceptors (Lipinski definition) is 1. The molecule has 0 saturated heterocycles. The zero-order chi connectivity index (χ0) is 10.6. The van der Waals surface area contributed by atoms with E-state index < -0.39 is 0 Å². The lowest BCUT2D eigenvalue weighted by atomic mass is 9.96. The van der Waals surface area contributed by atoms with Gasteiger partial charge in [0.1, 0.15) is 0 Å². The molecule has 0 radical (unpaired) electrons. The molecule has 1 aromatic rings. The molecule has 0 atom stereocenters. The van der Waals surface area contributed by atoms with E-state index in [2.05, 4.69) is 45.0 Å². The molecular formula is C13H21N. The van der Waals surface area contributed by atoms with Crippen LogP contribution in [0.15, 0.2) is 24.3 Å². The minimum Gasteiger partial charge on any atom is -0.326 e. The third-order valence-corrected chi connectivity index (χ3v) is 2.49. The largest absolute Gasteiger partial charge is 0.326 e. The summed E-state index contributed by atoms with van der Waals surface area (Å²) in [5.74, 6) is 0. The summed E-state index contributed by atoms with van der Waals surface area (Å²) in [4.78, 5) is 0. The van der Waals surface area contributed by atoms with Gasteiger partial charge in [-0.15, -0.1) is 0 Å². The second kappa shape index (κ2) is 4.61. The lowest BCUT2D eigenvalue weighted by Gasteiger charge is -2.17. The first-order chi connectivity index (χ1) is 6.51. The molecule has 0 spiro atoms. The van der Waals surface area contributed by atoms with Gasteiger partial charge in [-0.2, -0.15) is 0 Å². The molecule has 78 valence electrons. The van der Waals surface area contributed by atoms with E-state index in [0.29, 0.717) is 0 Å². The van der Waals surface area contributed by atoms with Crippen LogP contribution >= 0.6 is 0 Å². The molecule has 0 saturated carbocycles. The smallest absolute Gasteiger partial charge is 0.0100 e. The molecule has 0 bridgehead atoms. The molecule has 0 fully saturated rings. The van der Waals surface area contributed by atoms with Crippen LogP contribution in [0.2, 0.25) is 0 Å². The molecule has 1 rings (SSSR count). The van der Waals surface area contributed by atoms with Gasteiger partial charge in [0.05, 0.1) is 0 Å². The Morgan fingerprint density at radius 1 is 1.07 bits per heavy atom. The van der Waals surface area contributed by atoms with Gasteiger partial charge >= 0.3 is 0 Å². The highest BCUT2D eigenvalue weighted by Gasteiger charge is 2.09. The average Bonchev–Trinajstić information content (AvgIpc) is 2.14. The van der Waals surface area contributed by atoms with E-state index in [-0.39, 0.29) is 5.54 Å². The van der Waals surface area contributed by atoms with Crippen molar-refractivity contribution in [2.24, 2.45) is 5.73 Å². The van der Waals surface area contributed by atoms with Crippen molar-refractivity contribution in [2.75, 3.05) is 0 Å². The normalized spacial score (nSPS) is 11.7. The highest BCUT2D eigenvalue weighted by Crippen LogP contribution is 2.12. The Hall–Kier alpha value is -0.820. The predicted octanol–water partition coefficient (Wildman–Crippen LogP) is 2.92. The Balaban J connectivity index is 2.52.